The third-order valence-electron chi connectivity index (χ3n) is 5.01. The van der Waals surface area contributed by atoms with Crippen molar-refractivity contribution in [3.63, 3.8) is 0 Å². The second-order valence-corrected chi connectivity index (χ2v) is 7.46. The van der Waals surface area contributed by atoms with Gasteiger partial charge in [-0.25, -0.2) is 19.9 Å². The SMILES string of the molecule is Cc1nc(N(C)C)cc(N2CCN(C(=O)c3ccc(Oc4ncccn4)cc3)CC2)n1. The highest BCUT2D eigenvalue weighted by Gasteiger charge is 2.23. The summed E-state index contributed by atoms with van der Waals surface area (Å²) in [5, 5.41) is 0. The zero-order valence-electron chi connectivity index (χ0n) is 17.9. The Morgan fingerprint density at radius 3 is 2.32 bits per heavy atom. The number of amides is 1. The van der Waals surface area contributed by atoms with Gasteiger partial charge in [0.05, 0.1) is 0 Å². The summed E-state index contributed by atoms with van der Waals surface area (Å²) in [7, 11) is 3.93. The van der Waals surface area contributed by atoms with Gasteiger partial charge < -0.3 is 19.4 Å². The quantitative estimate of drug-likeness (QED) is 0.623. The van der Waals surface area contributed by atoms with Gasteiger partial charge in [-0.1, -0.05) is 0 Å². The number of benzene rings is 1. The van der Waals surface area contributed by atoms with Crippen molar-refractivity contribution in [2.24, 2.45) is 0 Å². The van der Waals surface area contributed by atoms with Gasteiger partial charge in [-0.3, -0.25) is 4.79 Å². The Balaban J connectivity index is 1.37. The molecular formula is C22H25N7O2. The van der Waals surface area contributed by atoms with Crippen molar-refractivity contribution >= 4 is 17.5 Å². The fourth-order valence-corrected chi connectivity index (χ4v) is 3.36. The molecule has 1 fully saturated rings. The van der Waals surface area contributed by atoms with Gasteiger partial charge in [0.15, 0.2) is 0 Å². The third kappa shape index (κ3) is 4.88. The second kappa shape index (κ2) is 8.95. The number of anilines is 2. The van der Waals surface area contributed by atoms with Crippen LogP contribution in [0.1, 0.15) is 16.2 Å². The highest BCUT2D eigenvalue weighted by Crippen LogP contribution is 2.21. The minimum Gasteiger partial charge on any atom is -0.424 e. The smallest absolute Gasteiger partial charge is 0.321 e. The molecule has 3 aromatic rings. The molecule has 4 rings (SSSR count). The summed E-state index contributed by atoms with van der Waals surface area (Å²) in [5.74, 6) is 3.11. The molecule has 0 N–H and O–H groups in total. The van der Waals surface area contributed by atoms with Crippen LogP contribution in [0.15, 0.2) is 48.8 Å². The molecule has 1 amide bonds. The van der Waals surface area contributed by atoms with E-state index >= 15 is 0 Å². The summed E-state index contributed by atoms with van der Waals surface area (Å²) in [6, 6.07) is 11.0. The van der Waals surface area contributed by atoms with Crippen LogP contribution in [0.4, 0.5) is 11.6 Å². The lowest BCUT2D eigenvalue weighted by atomic mass is 10.1. The van der Waals surface area contributed by atoms with Crippen molar-refractivity contribution in [3.8, 4) is 11.8 Å². The number of carbonyl (C=O) groups is 1. The maximum Gasteiger partial charge on any atom is 0.321 e. The fourth-order valence-electron chi connectivity index (χ4n) is 3.36. The van der Waals surface area contributed by atoms with Crippen LogP contribution in [0.25, 0.3) is 0 Å². The number of hydrogen-bond donors (Lipinski definition) is 0. The molecule has 0 unspecified atom stereocenters. The van der Waals surface area contributed by atoms with Gasteiger partial charge in [0, 0.05) is 64.3 Å². The molecule has 9 nitrogen and oxygen atoms in total. The molecule has 0 atom stereocenters. The monoisotopic (exact) mass is 419 g/mol. The highest BCUT2D eigenvalue weighted by atomic mass is 16.5. The molecule has 0 saturated carbocycles. The molecule has 160 valence electrons. The van der Waals surface area contributed by atoms with E-state index in [1.807, 2.05) is 36.9 Å². The van der Waals surface area contributed by atoms with E-state index in [-0.39, 0.29) is 11.9 Å². The molecule has 1 saturated heterocycles. The van der Waals surface area contributed by atoms with E-state index in [0.29, 0.717) is 24.4 Å². The van der Waals surface area contributed by atoms with Gasteiger partial charge >= 0.3 is 6.01 Å². The lowest BCUT2D eigenvalue weighted by molar-refractivity contribution is 0.0746. The van der Waals surface area contributed by atoms with Crippen molar-refractivity contribution in [3.05, 3.63) is 60.2 Å². The van der Waals surface area contributed by atoms with Crippen LogP contribution >= 0.6 is 0 Å². The maximum absolute atomic E-state index is 12.9. The van der Waals surface area contributed by atoms with Crippen molar-refractivity contribution in [1.82, 2.24) is 24.8 Å². The molecule has 1 aliphatic heterocycles. The predicted octanol–water partition coefficient (Wildman–Crippen LogP) is 2.40. The van der Waals surface area contributed by atoms with E-state index < -0.39 is 0 Å². The van der Waals surface area contributed by atoms with Crippen LogP contribution in [-0.2, 0) is 0 Å². The van der Waals surface area contributed by atoms with Gasteiger partial charge in [0.1, 0.15) is 23.2 Å². The third-order valence-corrected chi connectivity index (χ3v) is 5.01. The first-order valence-electron chi connectivity index (χ1n) is 10.1. The first-order chi connectivity index (χ1) is 15.0. The van der Waals surface area contributed by atoms with Gasteiger partial charge in [-0.05, 0) is 37.3 Å². The molecular weight excluding hydrogens is 394 g/mol. The Bertz CT molecular complexity index is 1030. The van der Waals surface area contributed by atoms with Crippen molar-refractivity contribution in [2.75, 3.05) is 50.1 Å². The number of ether oxygens (including phenoxy) is 1. The van der Waals surface area contributed by atoms with E-state index in [1.54, 1.807) is 42.7 Å². The molecule has 1 aliphatic rings. The number of rotatable bonds is 5. The normalized spacial score (nSPS) is 13.8. The maximum atomic E-state index is 12.9. The van der Waals surface area contributed by atoms with Crippen LogP contribution in [0.5, 0.6) is 11.8 Å². The zero-order valence-corrected chi connectivity index (χ0v) is 17.9. The first-order valence-corrected chi connectivity index (χ1v) is 10.1. The Morgan fingerprint density at radius 1 is 1.00 bits per heavy atom. The molecule has 0 spiro atoms. The molecule has 2 aromatic heterocycles. The molecule has 0 radical (unpaired) electrons. The topological polar surface area (TPSA) is 87.6 Å². The van der Waals surface area contributed by atoms with Crippen molar-refractivity contribution in [2.45, 2.75) is 6.92 Å². The Labute approximate surface area is 181 Å². The van der Waals surface area contributed by atoms with E-state index in [2.05, 4.69) is 24.8 Å². The molecule has 3 heterocycles. The number of piperazine rings is 1. The number of hydrogen-bond acceptors (Lipinski definition) is 8. The average Bonchev–Trinajstić information content (AvgIpc) is 2.79. The minimum atomic E-state index is 0.00927. The summed E-state index contributed by atoms with van der Waals surface area (Å²) in [5.41, 5.74) is 0.627. The Morgan fingerprint density at radius 2 is 1.68 bits per heavy atom. The number of aryl methyl sites for hydroxylation is 1. The minimum absolute atomic E-state index is 0.00927. The Hall–Kier alpha value is -3.75. The fraction of sp³-hybridized carbons (Fsp3) is 0.318. The van der Waals surface area contributed by atoms with Gasteiger partial charge in [0.25, 0.3) is 5.91 Å². The number of nitrogens with zero attached hydrogens (tertiary/aromatic N) is 7. The highest BCUT2D eigenvalue weighted by molar-refractivity contribution is 5.94. The van der Waals surface area contributed by atoms with E-state index in [1.165, 1.54) is 0 Å². The standard InChI is InChI=1S/C22H25N7O2/c1-16-25-19(27(2)3)15-20(26-16)28-11-13-29(14-12-28)21(30)17-5-7-18(8-6-17)31-22-23-9-4-10-24-22/h4-10,15H,11-14H2,1-3H3. The van der Waals surface area contributed by atoms with Crippen LogP contribution in [-0.4, -0.2) is 71.0 Å². The van der Waals surface area contributed by atoms with Crippen LogP contribution < -0.4 is 14.5 Å². The lowest BCUT2D eigenvalue weighted by Gasteiger charge is -2.35. The predicted molar refractivity (Wildman–Crippen MR) is 118 cm³/mol. The van der Waals surface area contributed by atoms with E-state index in [0.717, 1.165) is 30.5 Å². The summed E-state index contributed by atoms with van der Waals surface area (Å²) < 4.78 is 5.59. The van der Waals surface area contributed by atoms with Crippen LogP contribution in [0.3, 0.4) is 0 Å². The lowest BCUT2D eigenvalue weighted by Crippen LogP contribution is -2.49. The summed E-state index contributed by atoms with van der Waals surface area (Å²) in [6.45, 7) is 4.61. The molecule has 0 bridgehead atoms. The summed E-state index contributed by atoms with van der Waals surface area (Å²) in [4.78, 5) is 36.0. The molecule has 31 heavy (non-hydrogen) atoms. The first kappa shape index (κ1) is 20.5. The van der Waals surface area contributed by atoms with Gasteiger partial charge in [0.2, 0.25) is 0 Å². The van der Waals surface area contributed by atoms with Crippen molar-refractivity contribution in [1.29, 1.82) is 0 Å². The molecule has 9 heteroatoms. The van der Waals surface area contributed by atoms with Crippen LogP contribution in [0, 0.1) is 6.92 Å². The number of aromatic nitrogens is 4. The zero-order chi connectivity index (χ0) is 21.8. The second-order valence-electron chi connectivity index (χ2n) is 7.46. The van der Waals surface area contributed by atoms with Crippen molar-refractivity contribution < 1.29 is 9.53 Å². The Kier molecular flexibility index (Phi) is 5.92. The molecule has 0 aliphatic carbocycles. The largest absolute Gasteiger partial charge is 0.424 e. The van der Waals surface area contributed by atoms with E-state index in [4.69, 9.17) is 4.74 Å². The van der Waals surface area contributed by atoms with Gasteiger partial charge in [-0.2, -0.15) is 0 Å². The number of carbonyl (C=O) groups excluding carboxylic acids is 1. The summed E-state index contributed by atoms with van der Waals surface area (Å²) >= 11 is 0. The molecule has 1 aromatic carbocycles. The van der Waals surface area contributed by atoms with Crippen LogP contribution in [0.2, 0.25) is 0 Å². The van der Waals surface area contributed by atoms with E-state index in [9.17, 15) is 4.79 Å². The average molecular weight is 419 g/mol. The van der Waals surface area contributed by atoms with Gasteiger partial charge in [-0.15, -0.1) is 0 Å². The summed E-state index contributed by atoms with van der Waals surface area (Å²) in [6.07, 6.45) is 3.23.